The molecule has 0 aliphatic carbocycles. The smallest absolute Gasteiger partial charge is 0.409 e. The molecule has 0 unspecified atom stereocenters. The van der Waals surface area contributed by atoms with Crippen molar-refractivity contribution < 1.29 is 14.3 Å². The molecule has 2 heterocycles. The molecule has 21 heavy (non-hydrogen) atoms. The third-order valence-corrected chi connectivity index (χ3v) is 4.36. The fourth-order valence-electron chi connectivity index (χ4n) is 2.30. The molecule has 2 amide bonds. The molecule has 0 aromatic carbocycles. The van der Waals surface area contributed by atoms with Gasteiger partial charge in [-0.3, -0.25) is 4.79 Å². The number of thiazole rings is 1. The lowest BCUT2D eigenvalue weighted by atomic mass is 10.1. The zero-order chi connectivity index (χ0) is 15.4. The maximum absolute atomic E-state index is 12.2. The van der Waals surface area contributed by atoms with Gasteiger partial charge in [-0.15, -0.1) is 0 Å². The molecular formula is C13H20N4O3S. The van der Waals surface area contributed by atoms with E-state index in [1.807, 2.05) is 0 Å². The van der Waals surface area contributed by atoms with Crippen LogP contribution in [-0.4, -0.2) is 47.6 Å². The number of hydrogen-bond donors (Lipinski definition) is 2. The molecule has 1 aliphatic heterocycles. The largest absolute Gasteiger partial charge is 0.450 e. The molecule has 0 radical (unpaired) electrons. The summed E-state index contributed by atoms with van der Waals surface area (Å²) in [5.41, 5.74) is 6.25. The Labute approximate surface area is 127 Å². The Morgan fingerprint density at radius 3 is 2.67 bits per heavy atom. The van der Waals surface area contributed by atoms with Gasteiger partial charge in [0.05, 0.1) is 12.3 Å². The molecule has 1 aliphatic rings. The third-order valence-electron chi connectivity index (χ3n) is 3.38. The van der Waals surface area contributed by atoms with E-state index in [2.05, 4.69) is 10.3 Å². The molecular weight excluding hydrogens is 292 g/mol. The maximum Gasteiger partial charge on any atom is 0.409 e. The Bertz CT molecular complexity index is 523. The molecule has 0 spiro atoms. The summed E-state index contributed by atoms with van der Waals surface area (Å²) < 4.78 is 4.96. The maximum atomic E-state index is 12.2. The molecule has 0 saturated carbocycles. The highest BCUT2D eigenvalue weighted by molar-refractivity contribution is 7.17. The van der Waals surface area contributed by atoms with Crippen LogP contribution in [0.4, 0.5) is 9.93 Å². The first kappa shape index (κ1) is 15.6. The van der Waals surface area contributed by atoms with Gasteiger partial charge in [-0.25, -0.2) is 9.78 Å². The Morgan fingerprint density at radius 2 is 2.14 bits per heavy atom. The van der Waals surface area contributed by atoms with Gasteiger partial charge in [0, 0.05) is 19.1 Å². The predicted molar refractivity (Wildman–Crippen MR) is 80.3 cm³/mol. The molecule has 0 atom stereocenters. The predicted octanol–water partition coefficient (Wildman–Crippen LogP) is 1.38. The number of nitrogens with zero attached hydrogens (tertiary/aromatic N) is 2. The van der Waals surface area contributed by atoms with Gasteiger partial charge in [0.15, 0.2) is 5.13 Å². The normalized spacial score (nSPS) is 15.8. The lowest BCUT2D eigenvalue weighted by Gasteiger charge is -2.31. The SMILES string of the molecule is CCOC(=O)N1CCC(NC(=O)c2sc(N)nc2C)CC1. The average molecular weight is 312 g/mol. The number of ether oxygens (including phenoxy) is 1. The number of aromatic nitrogens is 1. The Kier molecular flexibility index (Phi) is 5.00. The van der Waals surface area contributed by atoms with E-state index in [0.29, 0.717) is 35.4 Å². The van der Waals surface area contributed by atoms with Gasteiger partial charge in [-0.1, -0.05) is 11.3 Å². The zero-order valence-electron chi connectivity index (χ0n) is 12.2. The lowest BCUT2D eigenvalue weighted by Crippen LogP contribution is -2.46. The minimum absolute atomic E-state index is 0.0610. The summed E-state index contributed by atoms with van der Waals surface area (Å²) in [7, 11) is 0. The fraction of sp³-hybridized carbons (Fsp3) is 0.615. The first-order chi connectivity index (χ1) is 10.0. The summed E-state index contributed by atoms with van der Waals surface area (Å²) >= 11 is 1.19. The number of likely N-dealkylation sites (tertiary alicyclic amines) is 1. The second-order valence-corrected chi connectivity index (χ2v) is 5.93. The van der Waals surface area contributed by atoms with Gasteiger partial charge < -0.3 is 20.7 Å². The molecule has 7 nitrogen and oxygen atoms in total. The number of piperidine rings is 1. The van der Waals surface area contributed by atoms with E-state index in [4.69, 9.17) is 10.5 Å². The van der Waals surface area contributed by atoms with Crippen molar-refractivity contribution in [3.8, 4) is 0 Å². The van der Waals surface area contributed by atoms with Gasteiger partial charge in [0.2, 0.25) is 0 Å². The number of nitrogen functional groups attached to an aromatic ring is 1. The van der Waals surface area contributed by atoms with Crippen LogP contribution in [0.2, 0.25) is 0 Å². The van der Waals surface area contributed by atoms with E-state index >= 15 is 0 Å². The number of aryl methyl sites for hydroxylation is 1. The van der Waals surface area contributed by atoms with Crippen molar-refractivity contribution in [3.05, 3.63) is 10.6 Å². The van der Waals surface area contributed by atoms with E-state index in [1.165, 1.54) is 11.3 Å². The Balaban J connectivity index is 1.85. The summed E-state index contributed by atoms with van der Waals surface area (Å²) in [5, 5.41) is 3.38. The third kappa shape index (κ3) is 3.84. The number of anilines is 1. The molecule has 8 heteroatoms. The molecule has 1 aromatic rings. The average Bonchev–Trinajstić information content (AvgIpc) is 2.79. The lowest BCUT2D eigenvalue weighted by molar-refractivity contribution is 0.0862. The van der Waals surface area contributed by atoms with Crippen molar-refractivity contribution in [3.63, 3.8) is 0 Å². The minimum Gasteiger partial charge on any atom is -0.450 e. The van der Waals surface area contributed by atoms with Crippen LogP contribution >= 0.6 is 11.3 Å². The van der Waals surface area contributed by atoms with Crippen molar-refractivity contribution in [2.45, 2.75) is 32.7 Å². The Hall–Kier alpha value is -1.83. The summed E-state index contributed by atoms with van der Waals surface area (Å²) in [6.45, 7) is 5.11. The van der Waals surface area contributed by atoms with Crippen molar-refractivity contribution in [2.24, 2.45) is 0 Å². The van der Waals surface area contributed by atoms with Crippen LogP contribution in [0.25, 0.3) is 0 Å². The number of hydrogen-bond acceptors (Lipinski definition) is 6. The van der Waals surface area contributed by atoms with Crippen molar-refractivity contribution >= 4 is 28.5 Å². The fourth-order valence-corrected chi connectivity index (χ4v) is 3.04. The van der Waals surface area contributed by atoms with Gasteiger partial charge in [0.1, 0.15) is 4.88 Å². The van der Waals surface area contributed by atoms with E-state index in [-0.39, 0.29) is 18.0 Å². The van der Waals surface area contributed by atoms with Gasteiger partial charge in [0.25, 0.3) is 5.91 Å². The summed E-state index contributed by atoms with van der Waals surface area (Å²) in [6.07, 6.45) is 1.16. The van der Waals surface area contributed by atoms with Crippen molar-refractivity contribution in [1.29, 1.82) is 0 Å². The van der Waals surface area contributed by atoms with Crippen molar-refractivity contribution in [1.82, 2.24) is 15.2 Å². The molecule has 116 valence electrons. The van der Waals surface area contributed by atoms with Crippen LogP contribution in [0.15, 0.2) is 0 Å². The number of nitrogens with two attached hydrogens (primary N) is 1. The topological polar surface area (TPSA) is 97.5 Å². The Morgan fingerprint density at radius 1 is 1.48 bits per heavy atom. The highest BCUT2D eigenvalue weighted by atomic mass is 32.1. The standard InChI is InChI=1S/C13H20N4O3S/c1-3-20-13(19)17-6-4-9(5-7-17)16-11(18)10-8(2)15-12(14)21-10/h9H,3-7H2,1-2H3,(H2,14,15)(H,16,18). The van der Waals surface area contributed by atoms with Crippen LogP contribution in [0.1, 0.15) is 35.1 Å². The molecule has 0 bridgehead atoms. The van der Waals surface area contributed by atoms with E-state index in [0.717, 1.165) is 12.8 Å². The quantitative estimate of drug-likeness (QED) is 0.879. The number of carbonyl (C=O) groups is 2. The van der Waals surface area contributed by atoms with Crippen LogP contribution in [0.5, 0.6) is 0 Å². The first-order valence-electron chi connectivity index (χ1n) is 6.96. The zero-order valence-corrected chi connectivity index (χ0v) is 13.0. The minimum atomic E-state index is -0.284. The first-order valence-corrected chi connectivity index (χ1v) is 7.78. The molecule has 1 saturated heterocycles. The van der Waals surface area contributed by atoms with Crippen LogP contribution in [-0.2, 0) is 4.74 Å². The number of amides is 2. The van der Waals surface area contributed by atoms with Gasteiger partial charge in [-0.2, -0.15) is 0 Å². The monoisotopic (exact) mass is 312 g/mol. The number of carbonyl (C=O) groups excluding carboxylic acids is 2. The molecule has 1 fully saturated rings. The van der Waals surface area contributed by atoms with Crippen LogP contribution in [0, 0.1) is 6.92 Å². The molecule has 3 N–H and O–H groups in total. The second-order valence-electron chi connectivity index (χ2n) is 4.90. The van der Waals surface area contributed by atoms with E-state index < -0.39 is 0 Å². The van der Waals surface area contributed by atoms with E-state index in [1.54, 1.807) is 18.7 Å². The van der Waals surface area contributed by atoms with Gasteiger partial charge in [-0.05, 0) is 26.7 Å². The highest BCUT2D eigenvalue weighted by Gasteiger charge is 2.25. The number of rotatable bonds is 3. The highest BCUT2D eigenvalue weighted by Crippen LogP contribution is 2.20. The van der Waals surface area contributed by atoms with Crippen LogP contribution < -0.4 is 11.1 Å². The van der Waals surface area contributed by atoms with Crippen molar-refractivity contribution in [2.75, 3.05) is 25.4 Å². The molecule has 2 rings (SSSR count). The van der Waals surface area contributed by atoms with Crippen LogP contribution in [0.3, 0.4) is 0 Å². The summed E-state index contributed by atoms with van der Waals surface area (Å²) in [6, 6.07) is 0.0610. The summed E-state index contributed by atoms with van der Waals surface area (Å²) in [4.78, 5) is 30.0. The van der Waals surface area contributed by atoms with E-state index in [9.17, 15) is 9.59 Å². The molecule has 1 aromatic heterocycles. The van der Waals surface area contributed by atoms with Gasteiger partial charge >= 0.3 is 6.09 Å². The summed E-state index contributed by atoms with van der Waals surface area (Å²) in [5.74, 6) is -0.142. The number of nitrogens with one attached hydrogen (secondary N) is 1. The second kappa shape index (κ2) is 6.75.